The molecule has 0 N–H and O–H groups in total. The van der Waals surface area contributed by atoms with E-state index in [0.29, 0.717) is 13.0 Å². The fourth-order valence-corrected chi connectivity index (χ4v) is 3.44. The summed E-state index contributed by atoms with van der Waals surface area (Å²) in [6, 6.07) is 14.5. The van der Waals surface area contributed by atoms with Gasteiger partial charge in [-0.3, -0.25) is 0 Å². The van der Waals surface area contributed by atoms with Crippen molar-refractivity contribution < 1.29 is 19.1 Å². The number of carbonyl (C=O) groups excluding carboxylic acids is 2. The highest BCUT2D eigenvalue weighted by molar-refractivity contribution is 9.10. The predicted molar refractivity (Wildman–Crippen MR) is 118 cm³/mol. The van der Waals surface area contributed by atoms with E-state index in [1.54, 1.807) is 24.3 Å². The number of esters is 2. The summed E-state index contributed by atoms with van der Waals surface area (Å²) in [6.45, 7) is 2.80. The summed E-state index contributed by atoms with van der Waals surface area (Å²) >= 11 is 3.43. The van der Waals surface area contributed by atoms with Crippen LogP contribution in [-0.2, 0) is 15.9 Å². The lowest BCUT2D eigenvalue weighted by Crippen LogP contribution is -2.15. The standard InChI is InChI=1S/C24H29BrO4/c1-2-3-4-5-6-9-16-28-23(26)21-13-7-8-14-22(21)24(27)29-17-15-19-11-10-12-20(25)18-19/h7-8,10-14,18H,2-6,9,15-17H2,1H3. The zero-order chi connectivity index (χ0) is 20.9. The normalized spacial score (nSPS) is 10.6. The lowest BCUT2D eigenvalue weighted by atomic mass is 10.1. The van der Waals surface area contributed by atoms with Crippen LogP contribution in [0.3, 0.4) is 0 Å². The third-order valence-corrected chi connectivity index (χ3v) is 5.10. The van der Waals surface area contributed by atoms with Gasteiger partial charge in [-0.15, -0.1) is 0 Å². The zero-order valence-electron chi connectivity index (χ0n) is 17.0. The van der Waals surface area contributed by atoms with E-state index in [-0.39, 0.29) is 17.7 Å². The van der Waals surface area contributed by atoms with Crippen molar-refractivity contribution in [2.45, 2.75) is 51.9 Å². The average molecular weight is 461 g/mol. The molecule has 2 aromatic carbocycles. The van der Waals surface area contributed by atoms with Crippen LogP contribution < -0.4 is 0 Å². The molecular formula is C24H29BrO4. The summed E-state index contributed by atoms with van der Waals surface area (Å²) in [4.78, 5) is 24.9. The summed E-state index contributed by atoms with van der Waals surface area (Å²) < 4.78 is 11.7. The monoisotopic (exact) mass is 460 g/mol. The molecule has 0 saturated carbocycles. The molecule has 29 heavy (non-hydrogen) atoms. The van der Waals surface area contributed by atoms with Gasteiger partial charge in [-0.05, 0) is 36.2 Å². The van der Waals surface area contributed by atoms with E-state index in [2.05, 4.69) is 22.9 Å². The van der Waals surface area contributed by atoms with Crippen molar-refractivity contribution in [3.8, 4) is 0 Å². The lowest BCUT2D eigenvalue weighted by molar-refractivity contribution is 0.0455. The van der Waals surface area contributed by atoms with Gasteiger partial charge in [0.1, 0.15) is 0 Å². The topological polar surface area (TPSA) is 52.6 Å². The van der Waals surface area contributed by atoms with Crippen LogP contribution in [0.25, 0.3) is 0 Å². The van der Waals surface area contributed by atoms with Crippen molar-refractivity contribution in [2.75, 3.05) is 13.2 Å². The van der Waals surface area contributed by atoms with Gasteiger partial charge in [0.05, 0.1) is 24.3 Å². The molecule has 0 aliphatic carbocycles. The molecule has 0 heterocycles. The van der Waals surface area contributed by atoms with Crippen molar-refractivity contribution in [2.24, 2.45) is 0 Å². The highest BCUT2D eigenvalue weighted by atomic mass is 79.9. The number of halogens is 1. The first-order valence-electron chi connectivity index (χ1n) is 10.3. The Hall–Kier alpha value is -2.14. The fraction of sp³-hybridized carbons (Fsp3) is 0.417. The van der Waals surface area contributed by atoms with E-state index in [1.165, 1.54) is 19.3 Å². The Morgan fingerprint density at radius 3 is 2.07 bits per heavy atom. The van der Waals surface area contributed by atoms with Gasteiger partial charge < -0.3 is 9.47 Å². The van der Waals surface area contributed by atoms with Crippen LogP contribution in [0.15, 0.2) is 53.0 Å². The molecular weight excluding hydrogens is 432 g/mol. The van der Waals surface area contributed by atoms with Crippen LogP contribution in [0, 0.1) is 0 Å². The number of carbonyl (C=O) groups is 2. The molecule has 5 heteroatoms. The van der Waals surface area contributed by atoms with E-state index >= 15 is 0 Å². The van der Waals surface area contributed by atoms with Gasteiger partial charge >= 0.3 is 11.9 Å². The van der Waals surface area contributed by atoms with Crippen molar-refractivity contribution >= 4 is 27.9 Å². The van der Waals surface area contributed by atoms with Crippen LogP contribution in [-0.4, -0.2) is 25.2 Å². The minimum absolute atomic E-state index is 0.245. The SMILES string of the molecule is CCCCCCCCOC(=O)c1ccccc1C(=O)OCCc1cccc(Br)c1. The third kappa shape index (κ3) is 8.40. The van der Waals surface area contributed by atoms with Crippen molar-refractivity contribution in [1.82, 2.24) is 0 Å². The molecule has 0 spiro atoms. The Labute approximate surface area is 181 Å². The minimum Gasteiger partial charge on any atom is -0.462 e. The van der Waals surface area contributed by atoms with Crippen LogP contribution >= 0.6 is 15.9 Å². The van der Waals surface area contributed by atoms with Crippen molar-refractivity contribution in [3.63, 3.8) is 0 Å². The van der Waals surface area contributed by atoms with Crippen LogP contribution in [0.1, 0.15) is 71.7 Å². The molecule has 0 aromatic heterocycles. The van der Waals surface area contributed by atoms with Gasteiger partial charge in [-0.25, -0.2) is 9.59 Å². The van der Waals surface area contributed by atoms with E-state index in [0.717, 1.165) is 29.3 Å². The lowest BCUT2D eigenvalue weighted by Gasteiger charge is -2.10. The van der Waals surface area contributed by atoms with E-state index < -0.39 is 11.9 Å². The number of benzene rings is 2. The maximum Gasteiger partial charge on any atom is 0.339 e. The van der Waals surface area contributed by atoms with Gasteiger partial charge in [-0.1, -0.05) is 79.2 Å². The van der Waals surface area contributed by atoms with E-state index in [9.17, 15) is 9.59 Å². The molecule has 0 atom stereocenters. The smallest absolute Gasteiger partial charge is 0.339 e. The molecule has 156 valence electrons. The molecule has 0 radical (unpaired) electrons. The molecule has 0 aliphatic heterocycles. The highest BCUT2D eigenvalue weighted by Crippen LogP contribution is 2.15. The second kappa shape index (κ2) is 13.2. The van der Waals surface area contributed by atoms with Crippen LogP contribution in [0.4, 0.5) is 0 Å². The number of hydrogen-bond donors (Lipinski definition) is 0. The summed E-state index contributed by atoms with van der Waals surface area (Å²) in [5.74, 6) is -0.981. The fourth-order valence-electron chi connectivity index (χ4n) is 3.00. The highest BCUT2D eigenvalue weighted by Gasteiger charge is 2.18. The van der Waals surface area contributed by atoms with Crippen LogP contribution in [0.2, 0.25) is 0 Å². The molecule has 0 bridgehead atoms. The van der Waals surface area contributed by atoms with Crippen molar-refractivity contribution in [1.29, 1.82) is 0 Å². The molecule has 0 aliphatic rings. The molecule has 2 aromatic rings. The van der Waals surface area contributed by atoms with Crippen molar-refractivity contribution in [3.05, 3.63) is 69.7 Å². The second-order valence-electron chi connectivity index (χ2n) is 6.97. The molecule has 0 saturated heterocycles. The zero-order valence-corrected chi connectivity index (χ0v) is 18.6. The van der Waals surface area contributed by atoms with Gasteiger partial charge in [0.25, 0.3) is 0 Å². The summed E-state index contributed by atoms with van der Waals surface area (Å²) in [7, 11) is 0. The predicted octanol–water partition coefficient (Wildman–Crippen LogP) is 6.37. The quantitative estimate of drug-likeness (QED) is 0.272. The Balaban J connectivity index is 1.81. The first kappa shape index (κ1) is 23.1. The molecule has 0 amide bonds. The summed E-state index contributed by atoms with van der Waals surface area (Å²) in [5.41, 5.74) is 1.57. The van der Waals surface area contributed by atoms with Gasteiger partial charge in [0, 0.05) is 10.9 Å². The number of hydrogen-bond acceptors (Lipinski definition) is 4. The Kier molecular flexibility index (Phi) is 10.5. The summed E-state index contributed by atoms with van der Waals surface area (Å²) in [6.07, 6.45) is 7.34. The third-order valence-electron chi connectivity index (χ3n) is 4.61. The Morgan fingerprint density at radius 1 is 0.793 bits per heavy atom. The number of rotatable bonds is 12. The summed E-state index contributed by atoms with van der Waals surface area (Å²) in [5, 5.41) is 0. The Bertz CT molecular complexity index is 788. The Morgan fingerprint density at radius 2 is 1.41 bits per heavy atom. The minimum atomic E-state index is -0.507. The maximum atomic E-state index is 12.5. The average Bonchev–Trinajstić information content (AvgIpc) is 2.73. The maximum absolute atomic E-state index is 12.5. The van der Waals surface area contributed by atoms with E-state index in [1.807, 2.05) is 24.3 Å². The van der Waals surface area contributed by atoms with Crippen LogP contribution in [0.5, 0.6) is 0 Å². The largest absolute Gasteiger partial charge is 0.462 e. The number of unbranched alkanes of at least 4 members (excludes halogenated alkanes) is 5. The van der Waals surface area contributed by atoms with Gasteiger partial charge in [-0.2, -0.15) is 0 Å². The second-order valence-corrected chi connectivity index (χ2v) is 7.88. The first-order chi connectivity index (χ1) is 14.1. The number of ether oxygens (including phenoxy) is 2. The molecule has 0 fully saturated rings. The first-order valence-corrected chi connectivity index (χ1v) is 11.1. The molecule has 0 unspecified atom stereocenters. The van der Waals surface area contributed by atoms with E-state index in [4.69, 9.17) is 9.47 Å². The molecule has 4 nitrogen and oxygen atoms in total. The molecule has 2 rings (SSSR count). The van der Waals surface area contributed by atoms with Gasteiger partial charge in [0.15, 0.2) is 0 Å². The van der Waals surface area contributed by atoms with Gasteiger partial charge in [0.2, 0.25) is 0 Å².